The van der Waals surface area contributed by atoms with Crippen molar-refractivity contribution >= 4 is 0 Å². The molecule has 0 bridgehead atoms. The number of hydrogen-bond donors (Lipinski definition) is 4. The van der Waals surface area contributed by atoms with E-state index < -0.39 is 0 Å². The van der Waals surface area contributed by atoms with Crippen molar-refractivity contribution in [1.82, 2.24) is 0 Å². The van der Waals surface area contributed by atoms with Crippen molar-refractivity contribution < 1.29 is 20.4 Å². The standard InChI is InChI=1S/C35H40O4/c1-7-28-14-26(18-30(34(28)38)16-24-9-20(3)32(36)21(4)10-24)13-27-15-29(8-2)35(39)31(19-27)17-25-11-22(5)33(37)23(6)12-25/h9-12,14-15,18-19,36-39H,7-8,13,16-17H2,1-6H3. The highest BCUT2D eigenvalue weighted by Crippen LogP contribution is 2.33. The molecule has 0 saturated carbocycles. The van der Waals surface area contributed by atoms with Gasteiger partial charge in [-0.15, -0.1) is 0 Å². The maximum absolute atomic E-state index is 11.0. The Labute approximate surface area is 232 Å². The summed E-state index contributed by atoms with van der Waals surface area (Å²) < 4.78 is 0. The number of phenols is 4. The van der Waals surface area contributed by atoms with Crippen LogP contribution in [0.4, 0.5) is 0 Å². The zero-order valence-corrected chi connectivity index (χ0v) is 23.9. The Kier molecular flexibility index (Phi) is 8.25. The molecule has 204 valence electrons. The van der Waals surface area contributed by atoms with Gasteiger partial charge in [0, 0.05) is 12.8 Å². The first-order valence-corrected chi connectivity index (χ1v) is 13.8. The minimum Gasteiger partial charge on any atom is -0.507 e. The topological polar surface area (TPSA) is 80.9 Å². The second-order valence-corrected chi connectivity index (χ2v) is 10.9. The van der Waals surface area contributed by atoms with Crippen LogP contribution in [0.2, 0.25) is 0 Å². The highest BCUT2D eigenvalue weighted by molar-refractivity contribution is 5.52. The predicted molar refractivity (Wildman–Crippen MR) is 159 cm³/mol. The molecule has 0 fully saturated rings. The zero-order valence-electron chi connectivity index (χ0n) is 23.9. The molecule has 0 aromatic heterocycles. The molecule has 4 aromatic rings. The maximum Gasteiger partial charge on any atom is 0.122 e. The summed E-state index contributed by atoms with van der Waals surface area (Å²) in [5.74, 6) is 1.31. The van der Waals surface area contributed by atoms with Gasteiger partial charge < -0.3 is 20.4 Å². The summed E-state index contributed by atoms with van der Waals surface area (Å²) >= 11 is 0. The average molecular weight is 525 g/mol. The summed E-state index contributed by atoms with van der Waals surface area (Å²) in [4.78, 5) is 0. The molecule has 0 heterocycles. The van der Waals surface area contributed by atoms with E-state index in [0.29, 0.717) is 42.3 Å². The van der Waals surface area contributed by atoms with E-state index in [0.717, 1.165) is 79.6 Å². The van der Waals surface area contributed by atoms with Gasteiger partial charge in [-0.2, -0.15) is 0 Å². The molecule has 4 aromatic carbocycles. The number of phenolic OH excluding ortho intramolecular Hbond substituents is 4. The number of benzene rings is 4. The summed E-state index contributed by atoms with van der Waals surface area (Å²) in [6.07, 6.45) is 3.29. The minimum atomic E-state index is 0.318. The molecule has 4 N–H and O–H groups in total. The normalized spacial score (nSPS) is 11.2. The lowest BCUT2D eigenvalue weighted by molar-refractivity contribution is 0.462. The Hall–Kier alpha value is -3.92. The van der Waals surface area contributed by atoms with Crippen LogP contribution in [-0.2, 0) is 32.1 Å². The molecule has 0 radical (unpaired) electrons. The van der Waals surface area contributed by atoms with E-state index in [1.165, 1.54) is 0 Å². The van der Waals surface area contributed by atoms with E-state index >= 15 is 0 Å². The van der Waals surface area contributed by atoms with Crippen molar-refractivity contribution in [3.8, 4) is 23.0 Å². The van der Waals surface area contributed by atoms with E-state index in [-0.39, 0.29) is 0 Å². The van der Waals surface area contributed by atoms with Crippen LogP contribution < -0.4 is 0 Å². The first-order valence-electron chi connectivity index (χ1n) is 13.8. The molecule has 0 aliphatic heterocycles. The lowest BCUT2D eigenvalue weighted by atomic mass is 9.91. The molecule has 0 saturated heterocycles. The molecule has 4 rings (SSSR count). The van der Waals surface area contributed by atoms with Crippen LogP contribution in [0.5, 0.6) is 23.0 Å². The molecule has 0 aliphatic rings. The van der Waals surface area contributed by atoms with Crippen molar-refractivity contribution in [3.05, 3.63) is 115 Å². The Bertz CT molecular complexity index is 1370. The monoisotopic (exact) mass is 524 g/mol. The summed E-state index contributed by atoms with van der Waals surface area (Å²) in [5.41, 5.74) is 11.2. The fraction of sp³-hybridized carbons (Fsp3) is 0.314. The SMILES string of the molecule is CCc1cc(Cc2cc(CC)c(O)c(Cc3cc(C)c(O)c(C)c3)c2)cc(Cc2cc(C)c(O)c(C)c2)c1O. The number of aromatic hydroxyl groups is 4. The molecule has 0 unspecified atom stereocenters. The van der Waals surface area contributed by atoms with Gasteiger partial charge in [-0.25, -0.2) is 0 Å². The molecule has 4 heteroatoms. The van der Waals surface area contributed by atoms with E-state index in [9.17, 15) is 20.4 Å². The lowest BCUT2D eigenvalue weighted by Crippen LogP contribution is -2.00. The first kappa shape index (κ1) is 28.1. The van der Waals surface area contributed by atoms with Gasteiger partial charge in [-0.05, 0) is 114 Å². The van der Waals surface area contributed by atoms with Crippen LogP contribution in [0, 0.1) is 27.7 Å². The van der Waals surface area contributed by atoms with Crippen molar-refractivity contribution in [1.29, 1.82) is 0 Å². The summed E-state index contributed by atoms with van der Waals surface area (Å²) in [5, 5.41) is 42.4. The zero-order chi connectivity index (χ0) is 28.4. The average Bonchev–Trinajstić information content (AvgIpc) is 2.89. The quantitative estimate of drug-likeness (QED) is 0.191. The van der Waals surface area contributed by atoms with Gasteiger partial charge in [0.15, 0.2) is 0 Å². The van der Waals surface area contributed by atoms with Crippen molar-refractivity contribution in [3.63, 3.8) is 0 Å². The molecule has 39 heavy (non-hydrogen) atoms. The summed E-state index contributed by atoms with van der Waals surface area (Å²) in [7, 11) is 0. The van der Waals surface area contributed by atoms with Crippen LogP contribution in [-0.4, -0.2) is 20.4 Å². The van der Waals surface area contributed by atoms with Gasteiger partial charge in [-0.3, -0.25) is 0 Å². The van der Waals surface area contributed by atoms with Gasteiger partial charge in [0.05, 0.1) is 0 Å². The predicted octanol–water partition coefficient (Wildman–Crippen LogP) is 7.64. The third kappa shape index (κ3) is 6.06. The van der Waals surface area contributed by atoms with Gasteiger partial charge in [0.1, 0.15) is 23.0 Å². The molecule has 0 spiro atoms. The summed E-state index contributed by atoms with van der Waals surface area (Å²) in [6.45, 7) is 11.7. The smallest absolute Gasteiger partial charge is 0.122 e. The first-order chi connectivity index (χ1) is 18.5. The van der Waals surface area contributed by atoms with Crippen LogP contribution in [0.15, 0.2) is 48.5 Å². The second-order valence-electron chi connectivity index (χ2n) is 10.9. The van der Waals surface area contributed by atoms with Gasteiger partial charge in [0.25, 0.3) is 0 Å². The maximum atomic E-state index is 11.0. The second kappa shape index (κ2) is 11.4. The Balaban J connectivity index is 1.70. The van der Waals surface area contributed by atoms with Crippen molar-refractivity contribution in [2.24, 2.45) is 0 Å². The minimum absolute atomic E-state index is 0.318. The Morgan fingerprint density at radius 1 is 0.385 bits per heavy atom. The van der Waals surface area contributed by atoms with Gasteiger partial charge in [0.2, 0.25) is 0 Å². The molecular weight excluding hydrogens is 484 g/mol. The third-order valence-corrected chi connectivity index (χ3v) is 7.72. The molecule has 0 amide bonds. The van der Waals surface area contributed by atoms with E-state index in [2.05, 4.69) is 24.3 Å². The van der Waals surface area contributed by atoms with E-state index in [1.54, 1.807) is 0 Å². The highest BCUT2D eigenvalue weighted by Gasteiger charge is 2.15. The number of hydrogen-bond acceptors (Lipinski definition) is 4. The molecule has 0 aliphatic carbocycles. The van der Waals surface area contributed by atoms with Crippen LogP contribution in [0.1, 0.15) is 80.6 Å². The Morgan fingerprint density at radius 2 is 0.667 bits per heavy atom. The van der Waals surface area contributed by atoms with Gasteiger partial charge >= 0.3 is 0 Å². The number of aryl methyl sites for hydroxylation is 6. The van der Waals surface area contributed by atoms with E-state index in [4.69, 9.17) is 0 Å². The van der Waals surface area contributed by atoms with Crippen molar-refractivity contribution in [2.75, 3.05) is 0 Å². The van der Waals surface area contributed by atoms with Crippen LogP contribution in [0.3, 0.4) is 0 Å². The fourth-order valence-corrected chi connectivity index (χ4v) is 5.65. The van der Waals surface area contributed by atoms with Crippen molar-refractivity contribution in [2.45, 2.75) is 73.6 Å². The van der Waals surface area contributed by atoms with Gasteiger partial charge in [-0.1, -0.05) is 62.4 Å². The van der Waals surface area contributed by atoms with Crippen LogP contribution in [0.25, 0.3) is 0 Å². The van der Waals surface area contributed by atoms with Crippen LogP contribution >= 0.6 is 0 Å². The molecule has 4 nitrogen and oxygen atoms in total. The summed E-state index contributed by atoms with van der Waals surface area (Å²) in [6, 6.07) is 16.2. The lowest BCUT2D eigenvalue weighted by Gasteiger charge is -2.16. The highest BCUT2D eigenvalue weighted by atomic mass is 16.3. The molecule has 0 atom stereocenters. The molecular formula is C35H40O4. The Morgan fingerprint density at radius 3 is 0.974 bits per heavy atom. The third-order valence-electron chi connectivity index (χ3n) is 7.72. The fourth-order valence-electron chi connectivity index (χ4n) is 5.65. The number of rotatable bonds is 8. The largest absolute Gasteiger partial charge is 0.507 e. The van der Waals surface area contributed by atoms with E-state index in [1.807, 2.05) is 65.8 Å².